The Labute approximate surface area is 165 Å². The molecule has 0 unspecified atom stereocenters. The standard InChI is InChI=1S/C18H16ClFN6O2/c1-21-17(27)12-4-2-3-11(7-12)10-28-26-18-23-9-14(20)16(25-18)24-15-6-5-13(19)8-22-15/h2-9H,10H2,1H3,(H,21,27)(H2,22,23,24,25,26). The van der Waals surface area contributed by atoms with Crippen molar-refractivity contribution in [3.05, 3.63) is 70.8 Å². The van der Waals surface area contributed by atoms with Crippen molar-refractivity contribution in [3.8, 4) is 0 Å². The van der Waals surface area contributed by atoms with Gasteiger partial charge in [0.15, 0.2) is 11.6 Å². The maximum atomic E-state index is 13.9. The van der Waals surface area contributed by atoms with E-state index in [4.69, 9.17) is 16.4 Å². The van der Waals surface area contributed by atoms with E-state index in [1.807, 2.05) is 0 Å². The van der Waals surface area contributed by atoms with E-state index in [1.54, 1.807) is 43.4 Å². The van der Waals surface area contributed by atoms with Gasteiger partial charge in [-0.3, -0.25) is 9.63 Å². The second-order valence-electron chi connectivity index (χ2n) is 5.55. The molecule has 2 aromatic heterocycles. The summed E-state index contributed by atoms with van der Waals surface area (Å²) in [5.41, 5.74) is 3.83. The van der Waals surface area contributed by atoms with Crippen LogP contribution in [0.1, 0.15) is 15.9 Å². The van der Waals surface area contributed by atoms with Crippen molar-refractivity contribution in [1.29, 1.82) is 0 Å². The van der Waals surface area contributed by atoms with Gasteiger partial charge in [0.2, 0.25) is 5.95 Å². The Hall–Kier alpha value is -3.30. The molecule has 0 spiro atoms. The van der Waals surface area contributed by atoms with E-state index >= 15 is 0 Å². The monoisotopic (exact) mass is 402 g/mol. The largest absolute Gasteiger partial charge is 0.355 e. The third-order valence-corrected chi connectivity index (χ3v) is 3.76. The highest BCUT2D eigenvalue weighted by atomic mass is 35.5. The van der Waals surface area contributed by atoms with Gasteiger partial charge in [0.05, 0.1) is 17.8 Å². The Bertz CT molecular complexity index is 971. The third-order valence-electron chi connectivity index (χ3n) is 3.54. The van der Waals surface area contributed by atoms with E-state index in [1.165, 1.54) is 6.20 Å². The number of aromatic nitrogens is 3. The van der Waals surface area contributed by atoms with Crippen LogP contribution in [0.4, 0.5) is 22.0 Å². The first-order valence-electron chi connectivity index (χ1n) is 8.15. The minimum absolute atomic E-state index is 0.0559. The van der Waals surface area contributed by atoms with Gasteiger partial charge in [-0.05, 0) is 29.8 Å². The Kier molecular flexibility index (Phi) is 6.30. The number of hydrogen-bond acceptors (Lipinski definition) is 7. The fraction of sp³-hybridized carbons (Fsp3) is 0.111. The molecule has 0 aliphatic heterocycles. The fourth-order valence-corrected chi connectivity index (χ4v) is 2.32. The third kappa shape index (κ3) is 5.12. The SMILES string of the molecule is CNC(=O)c1cccc(CONc2ncc(F)c(Nc3ccc(Cl)cn3)n2)c1. The number of nitrogens with zero attached hydrogens (tertiary/aromatic N) is 3. The van der Waals surface area contributed by atoms with Crippen LogP contribution >= 0.6 is 11.6 Å². The number of halogens is 2. The maximum Gasteiger partial charge on any atom is 0.251 e. The molecule has 10 heteroatoms. The average molecular weight is 403 g/mol. The maximum absolute atomic E-state index is 13.9. The van der Waals surface area contributed by atoms with Crippen molar-refractivity contribution in [2.75, 3.05) is 17.8 Å². The van der Waals surface area contributed by atoms with Crippen LogP contribution in [-0.2, 0) is 11.4 Å². The molecule has 0 saturated carbocycles. The predicted molar refractivity (Wildman–Crippen MR) is 103 cm³/mol. The molecular formula is C18H16ClFN6O2. The van der Waals surface area contributed by atoms with E-state index in [0.717, 1.165) is 11.8 Å². The summed E-state index contributed by atoms with van der Waals surface area (Å²) < 4.78 is 13.9. The summed E-state index contributed by atoms with van der Waals surface area (Å²) in [6.45, 7) is 0.146. The Balaban J connectivity index is 1.62. The van der Waals surface area contributed by atoms with Crippen LogP contribution in [0.15, 0.2) is 48.8 Å². The molecule has 3 N–H and O–H groups in total. The second kappa shape index (κ2) is 9.07. The van der Waals surface area contributed by atoms with E-state index in [9.17, 15) is 9.18 Å². The molecule has 1 amide bonds. The molecule has 0 fully saturated rings. The number of anilines is 3. The lowest BCUT2D eigenvalue weighted by molar-refractivity contribution is 0.0962. The zero-order chi connectivity index (χ0) is 19.9. The lowest BCUT2D eigenvalue weighted by Crippen LogP contribution is -2.17. The summed E-state index contributed by atoms with van der Waals surface area (Å²) in [5, 5.41) is 5.76. The molecule has 28 heavy (non-hydrogen) atoms. The first-order valence-corrected chi connectivity index (χ1v) is 8.53. The summed E-state index contributed by atoms with van der Waals surface area (Å²) in [6.07, 6.45) is 2.43. The molecule has 3 rings (SSSR count). The van der Waals surface area contributed by atoms with Crippen LogP contribution in [0.25, 0.3) is 0 Å². The van der Waals surface area contributed by atoms with Gasteiger partial charge >= 0.3 is 0 Å². The summed E-state index contributed by atoms with van der Waals surface area (Å²) >= 11 is 5.78. The van der Waals surface area contributed by atoms with E-state index in [0.29, 0.717) is 16.4 Å². The van der Waals surface area contributed by atoms with Crippen LogP contribution in [0.3, 0.4) is 0 Å². The number of rotatable bonds is 7. The molecule has 0 saturated heterocycles. The van der Waals surface area contributed by atoms with Crippen molar-refractivity contribution in [2.45, 2.75) is 6.61 Å². The number of benzene rings is 1. The quantitative estimate of drug-likeness (QED) is 0.521. The summed E-state index contributed by atoms with van der Waals surface area (Å²) in [6, 6.07) is 10.2. The first kappa shape index (κ1) is 19.5. The fourth-order valence-electron chi connectivity index (χ4n) is 2.21. The number of pyridine rings is 1. The molecule has 0 atom stereocenters. The topological polar surface area (TPSA) is 101 Å². The molecule has 0 aliphatic carbocycles. The summed E-state index contributed by atoms with van der Waals surface area (Å²) in [5.74, 6) is -0.485. The highest BCUT2D eigenvalue weighted by Gasteiger charge is 2.09. The van der Waals surface area contributed by atoms with Crippen LogP contribution in [0.5, 0.6) is 0 Å². The molecule has 0 aliphatic rings. The molecule has 144 valence electrons. The Morgan fingerprint density at radius 3 is 2.82 bits per heavy atom. The van der Waals surface area contributed by atoms with Crippen LogP contribution in [0, 0.1) is 5.82 Å². The van der Waals surface area contributed by atoms with Crippen LogP contribution < -0.4 is 16.1 Å². The smallest absolute Gasteiger partial charge is 0.251 e. The lowest BCUT2D eigenvalue weighted by Gasteiger charge is -2.09. The number of carbonyl (C=O) groups is 1. The zero-order valence-electron chi connectivity index (χ0n) is 14.7. The molecule has 2 heterocycles. The zero-order valence-corrected chi connectivity index (χ0v) is 15.5. The summed E-state index contributed by atoms with van der Waals surface area (Å²) in [4.78, 5) is 28.8. The van der Waals surface area contributed by atoms with Gasteiger partial charge in [0.25, 0.3) is 5.91 Å². The van der Waals surface area contributed by atoms with E-state index in [-0.39, 0.29) is 24.3 Å². The van der Waals surface area contributed by atoms with Gasteiger partial charge in [-0.15, -0.1) is 0 Å². The molecule has 0 radical (unpaired) electrons. The van der Waals surface area contributed by atoms with E-state index < -0.39 is 5.82 Å². The highest BCUT2D eigenvalue weighted by molar-refractivity contribution is 6.30. The molecule has 3 aromatic rings. The van der Waals surface area contributed by atoms with Gasteiger partial charge in [0.1, 0.15) is 5.82 Å². The van der Waals surface area contributed by atoms with Crippen molar-refractivity contribution in [2.24, 2.45) is 0 Å². The van der Waals surface area contributed by atoms with Crippen molar-refractivity contribution in [1.82, 2.24) is 20.3 Å². The van der Waals surface area contributed by atoms with Crippen LogP contribution in [-0.4, -0.2) is 27.9 Å². The molecular weight excluding hydrogens is 387 g/mol. The molecule has 1 aromatic carbocycles. The Morgan fingerprint density at radius 2 is 2.07 bits per heavy atom. The second-order valence-corrected chi connectivity index (χ2v) is 5.98. The van der Waals surface area contributed by atoms with Gasteiger partial charge in [-0.25, -0.2) is 19.8 Å². The Morgan fingerprint density at radius 1 is 1.21 bits per heavy atom. The van der Waals surface area contributed by atoms with Crippen molar-refractivity contribution >= 4 is 35.1 Å². The number of nitrogens with one attached hydrogen (secondary N) is 3. The summed E-state index contributed by atoms with van der Waals surface area (Å²) in [7, 11) is 1.56. The van der Waals surface area contributed by atoms with E-state index in [2.05, 4.69) is 31.1 Å². The van der Waals surface area contributed by atoms with Gasteiger partial charge < -0.3 is 10.6 Å². The number of carbonyl (C=O) groups excluding carboxylic acids is 1. The minimum Gasteiger partial charge on any atom is -0.355 e. The van der Waals surface area contributed by atoms with Crippen molar-refractivity contribution in [3.63, 3.8) is 0 Å². The predicted octanol–water partition coefficient (Wildman–Crippen LogP) is 3.31. The van der Waals surface area contributed by atoms with Crippen LogP contribution in [0.2, 0.25) is 5.02 Å². The number of hydrogen-bond donors (Lipinski definition) is 3. The van der Waals surface area contributed by atoms with Crippen molar-refractivity contribution < 1.29 is 14.0 Å². The average Bonchev–Trinajstić information content (AvgIpc) is 2.71. The highest BCUT2D eigenvalue weighted by Crippen LogP contribution is 2.18. The minimum atomic E-state index is -0.652. The van der Waals surface area contributed by atoms with Gasteiger partial charge in [-0.1, -0.05) is 23.7 Å². The normalized spacial score (nSPS) is 10.4. The molecule has 8 nitrogen and oxygen atoms in total. The molecule has 0 bridgehead atoms. The first-order chi connectivity index (χ1) is 13.5. The van der Waals surface area contributed by atoms with Gasteiger partial charge in [0, 0.05) is 18.8 Å². The lowest BCUT2D eigenvalue weighted by atomic mass is 10.1. The number of amides is 1. The van der Waals surface area contributed by atoms with Gasteiger partial charge in [-0.2, -0.15) is 4.98 Å².